The van der Waals surface area contributed by atoms with Gasteiger partial charge < -0.3 is 15.4 Å². The first-order valence-electron chi connectivity index (χ1n) is 10.0. The van der Waals surface area contributed by atoms with Crippen LogP contribution < -0.4 is 15.4 Å². The highest BCUT2D eigenvalue weighted by molar-refractivity contribution is 7.89. The summed E-state index contributed by atoms with van der Waals surface area (Å²) in [5.41, 5.74) is 1.22. The maximum absolute atomic E-state index is 13.3. The van der Waals surface area contributed by atoms with E-state index >= 15 is 0 Å². The first-order valence-corrected chi connectivity index (χ1v) is 12.2. The third-order valence-electron chi connectivity index (χ3n) is 5.42. The van der Waals surface area contributed by atoms with Gasteiger partial charge in [-0.3, -0.25) is 9.59 Å². The van der Waals surface area contributed by atoms with Crippen LogP contribution in [0.1, 0.15) is 18.4 Å². The van der Waals surface area contributed by atoms with Crippen LogP contribution >= 0.6 is 23.2 Å². The number of carbonyl (C=O) groups excluding carboxylic acids is 2. The predicted octanol–water partition coefficient (Wildman–Crippen LogP) is 3.04. The lowest BCUT2D eigenvalue weighted by Gasteiger charge is -2.31. The van der Waals surface area contributed by atoms with Crippen LogP contribution in [0, 0.1) is 5.92 Å². The van der Waals surface area contributed by atoms with E-state index in [0.717, 1.165) is 5.56 Å². The number of anilines is 1. The second-order valence-corrected chi connectivity index (χ2v) is 10.4. The number of hydrogen-bond donors (Lipinski definition) is 2. The zero-order chi connectivity index (χ0) is 22.9. The smallest absolute Gasteiger partial charge is 0.262 e. The molecule has 2 aliphatic heterocycles. The number of rotatable bonds is 5. The van der Waals surface area contributed by atoms with Gasteiger partial charge in [0.2, 0.25) is 15.9 Å². The SMILES string of the molecule is O=C1COc2cc(S(=O)(=O)N3CCC[C@H](C(=O)NCc4ccc(Cl)cc4)C3)c(Cl)cc2N1. The Morgan fingerprint density at radius 2 is 1.97 bits per heavy atom. The number of halogens is 2. The molecule has 170 valence electrons. The Labute approximate surface area is 195 Å². The summed E-state index contributed by atoms with van der Waals surface area (Å²) in [5, 5.41) is 6.05. The van der Waals surface area contributed by atoms with Crippen molar-refractivity contribution in [3.63, 3.8) is 0 Å². The van der Waals surface area contributed by atoms with E-state index in [1.54, 1.807) is 12.1 Å². The summed E-state index contributed by atoms with van der Waals surface area (Å²) < 4.78 is 33.2. The van der Waals surface area contributed by atoms with Gasteiger partial charge in [0.25, 0.3) is 5.91 Å². The fourth-order valence-electron chi connectivity index (χ4n) is 3.73. The third kappa shape index (κ3) is 4.85. The molecule has 0 saturated carbocycles. The van der Waals surface area contributed by atoms with Gasteiger partial charge in [-0.15, -0.1) is 0 Å². The van der Waals surface area contributed by atoms with Crippen molar-refractivity contribution in [2.24, 2.45) is 5.92 Å². The van der Waals surface area contributed by atoms with Crippen molar-refractivity contribution in [3.8, 4) is 5.75 Å². The van der Waals surface area contributed by atoms with Gasteiger partial charge in [0.1, 0.15) is 10.6 Å². The van der Waals surface area contributed by atoms with Gasteiger partial charge in [-0.25, -0.2) is 8.42 Å². The minimum atomic E-state index is -3.96. The largest absolute Gasteiger partial charge is 0.482 e. The fraction of sp³-hybridized carbons (Fsp3) is 0.333. The van der Waals surface area contributed by atoms with Crippen LogP contribution in [0.3, 0.4) is 0 Å². The van der Waals surface area contributed by atoms with Gasteiger partial charge in [-0.2, -0.15) is 4.31 Å². The minimum Gasteiger partial charge on any atom is -0.482 e. The second-order valence-electron chi connectivity index (χ2n) is 7.66. The van der Waals surface area contributed by atoms with Gasteiger partial charge >= 0.3 is 0 Å². The zero-order valence-corrected chi connectivity index (χ0v) is 19.3. The second kappa shape index (κ2) is 9.27. The molecule has 0 radical (unpaired) electrons. The average Bonchev–Trinajstić information content (AvgIpc) is 2.78. The van der Waals surface area contributed by atoms with Gasteiger partial charge in [-0.05, 0) is 36.6 Å². The number of sulfonamides is 1. The number of carbonyl (C=O) groups is 2. The first-order chi connectivity index (χ1) is 15.2. The molecule has 1 saturated heterocycles. The average molecular weight is 498 g/mol. The number of ether oxygens (including phenoxy) is 1. The van der Waals surface area contributed by atoms with E-state index in [0.29, 0.717) is 30.1 Å². The monoisotopic (exact) mass is 497 g/mol. The van der Waals surface area contributed by atoms with Gasteiger partial charge in [0.15, 0.2) is 6.61 Å². The molecule has 0 unspecified atom stereocenters. The van der Waals surface area contributed by atoms with Crippen LogP contribution in [0.2, 0.25) is 10.0 Å². The van der Waals surface area contributed by atoms with E-state index in [1.165, 1.54) is 16.4 Å². The van der Waals surface area contributed by atoms with Crippen molar-refractivity contribution in [3.05, 3.63) is 52.0 Å². The molecule has 4 rings (SSSR count). The first kappa shape index (κ1) is 22.8. The minimum absolute atomic E-state index is 0.0242. The highest BCUT2D eigenvalue weighted by Gasteiger charge is 2.35. The van der Waals surface area contributed by atoms with Crippen molar-refractivity contribution >= 4 is 50.7 Å². The zero-order valence-electron chi connectivity index (χ0n) is 16.9. The van der Waals surface area contributed by atoms with Crippen LogP contribution in [-0.4, -0.2) is 44.2 Å². The summed E-state index contributed by atoms with van der Waals surface area (Å²) in [6, 6.07) is 9.81. The molecular formula is C21H21Cl2N3O5S. The van der Waals surface area contributed by atoms with Crippen LogP contribution in [0.15, 0.2) is 41.3 Å². The lowest BCUT2D eigenvalue weighted by molar-refractivity contribution is -0.126. The van der Waals surface area contributed by atoms with Gasteiger partial charge in [0, 0.05) is 30.7 Å². The van der Waals surface area contributed by atoms with E-state index in [-0.39, 0.29) is 47.2 Å². The van der Waals surface area contributed by atoms with Gasteiger partial charge in [-0.1, -0.05) is 35.3 Å². The Morgan fingerprint density at radius 3 is 2.72 bits per heavy atom. The number of nitrogens with one attached hydrogen (secondary N) is 2. The normalized spacial score (nSPS) is 18.9. The molecular weight excluding hydrogens is 477 g/mol. The molecule has 8 nitrogen and oxygen atoms in total. The topological polar surface area (TPSA) is 105 Å². The van der Waals surface area contributed by atoms with Crippen molar-refractivity contribution in [1.29, 1.82) is 0 Å². The molecule has 2 amide bonds. The molecule has 2 aromatic rings. The molecule has 0 aliphatic carbocycles. The van der Waals surface area contributed by atoms with E-state index < -0.39 is 15.9 Å². The van der Waals surface area contributed by atoms with Crippen LogP contribution in [0.4, 0.5) is 5.69 Å². The van der Waals surface area contributed by atoms with Gasteiger partial charge in [0.05, 0.1) is 16.6 Å². The third-order valence-corrected chi connectivity index (χ3v) is 8.00. The summed E-state index contributed by atoms with van der Waals surface area (Å²) in [6.07, 6.45) is 1.14. The number of fused-ring (bicyclic) bond motifs is 1. The molecule has 32 heavy (non-hydrogen) atoms. The van der Waals surface area contributed by atoms with Crippen LogP contribution in [0.5, 0.6) is 5.75 Å². The maximum atomic E-state index is 13.3. The summed E-state index contributed by atoms with van der Waals surface area (Å²) in [5.74, 6) is -0.783. The van der Waals surface area contributed by atoms with E-state index in [9.17, 15) is 18.0 Å². The van der Waals surface area contributed by atoms with Crippen molar-refractivity contribution in [2.45, 2.75) is 24.3 Å². The summed E-state index contributed by atoms with van der Waals surface area (Å²) in [6.45, 7) is 0.473. The maximum Gasteiger partial charge on any atom is 0.262 e. The molecule has 1 atom stereocenters. The van der Waals surface area contributed by atoms with E-state index in [1.807, 2.05) is 12.1 Å². The molecule has 0 aromatic heterocycles. The molecule has 2 aliphatic rings. The summed E-state index contributed by atoms with van der Waals surface area (Å²) >= 11 is 12.1. The predicted molar refractivity (Wildman–Crippen MR) is 120 cm³/mol. The lowest BCUT2D eigenvalue weighted by Crippen LogP contribution is -2.45. The number of nitrogens with zero attached hydrogens (tertiary/aromatic N) is 1. The molecule has 2 heterocycles. The number of benzene rings is 2. The molecule has 1 fully saturated rings. The quantitative estimate of drug-likeness (QED) is 0.660. The summed E-state index contributed by atoms with van der Waals surface area (Å²) in [7, 11) is -3.96. The van der Waals surface area contributed by atoms with Crippen molar-refractivity contribution in [1.82, 2.24) is 9.62 Å². The van der Waals surface area contributed by atoms with E-state index in [4.69, 9.17) is 27.9 Å². The van der Waals surface area contributed by atoms with E-state index in [2.05, 4.69) is 10.6 Å². The van der Waals surface area contributed by atoms with Crippen LogP contribution in [0.25, 0.3) is 0 Å². The highest BCUT2D eigenvalue weighted by Crippen LogP contribution is 2.37. The van der Waals surface area contributed by atoms with Crippen LogP contribution in [-0.2, 0) is 26.2 Å². The lowest BCUT2D eigenvalue weighted by atomic mass is 9.99. The molecule has 11 heteroatoms. The molecule has 2 N–H and O–H groups in total. The summed E-state index contributed by atoms with van der Waals surface area (Å²) in [4.78, 5) is 24.1. The fourth-order valence-corrected chi connectivity index (χ4v) is 5.90. The standard InChI is InChI=1S/C21H21Cl2N3O5S/c22-15-5-3-13(4-6-15)10-24-21(28)14-2-1-7-26(11-14)32(29,30)19-9-18-17(8-16(19)23)25-20(27)12-31-18/h3-6,8-9,14H,1-2,7,10-12H2,(H,24,28)(H,25,27)/t14-/m0/s1. The Bertz CT molecular complexity index is 1150. The van der Waals surface area contributed by atoms with Crippen molar-refractivity contribution < 1.29 is 22.7 Å². The molecule has 0 bridgehead atoms. The molecule has 0 spiro atoms. The Balaban J connectivity index is 1.47. The number of piperidine rings is 1. The van der Waals surface area contributed by atoms with Crippen molar-refractivity contribution in [2.75, 3.05) is 25.0 Å². The Kier molecular flexibility index (Phi) is 6.62. The Hall–Kier alpha value is -2.33. The number of hydrogen-bond acceptors (Lipinski definition) is 5. The molecule has 2 aromatic carbocycles. The Morgan fingerprint density at radius 1 is 1.22 bits per heavy atom. The number of amides is 2. The highest BCUT2D eigenvalue weighted by atomic mass is 35.5.